The third kappa shape index (κ3) is 2.03. The van der Waals surface area contributed by atoms with Gasteiger partial charge in [-0.15, -0.1) is 0 Å². The summed E-state index contributed by atoms with van der Waals surface area (Å²) in [4.78, 5) is 16.9. The molecule has 1 aliphatic heterocycles. The maximum atomic E-state index is 13.3. The van der Waals surface area contributed by atoms with E-state index in [1.807, 2.05) is 4.90 Å². The molecular weight excluding hydrogens is 247 g/mol. The van der Waals surface area contributed by atoms with E-state index < -0.39 is 5.97 Å². The highest BCUT2D eigenvalue weighted by Gasteiger charge is 2.22. The summed E-state index contributed by atoms with van der Waals surface area (Å²) in [6.07, 6.45) is 0.800. The van der Waals surface area contributed by atoms with Crippen LogP contribution in [0.2, 0.25) is 0 Å². The number of anilines is 2. The Hall–Kier alpha value is -2.43. The number of fused-ring (bicyclic) bond motifs is 1. The van der Waals surface area contributed by atoms with E-state index in [4.69, 9.17) is 5.11 Å². The summed E-state index contributed by atoms with van der Waals surface area (Å²) >= 11 is 0. The van der Waals surface area contributed by atoms with Gasteiger partial charge < -0.3 is 10.0 Å². The van der Waals surface area contributed by atoms with Crippen molar-refractivity contribution in [1.29, 1.82) is 0 Å². The monoisotopic (exact) mass is 258 g/mol. The minimum Gasteiger partial charge on any atom is -0.477 e. The maximum absolute atomic E-state index is 13.3. The number of aromatic nitrogens is 1. The molecule has 0 aliphatic carbocycles. The molecule has 1 aromatic carbocycles. The van der Waals surface area contributed by atoms with Gasteiger partial charge in [-0.05, 0) is 36.2 Å². The van der Waals surface area contributed by atoms with Crippen LogP contribution in [-0.2, 0) is 6.42 Å². The Kier molecular flexibility index (Phi) is 2.67. The van der Waals surface area contributed by atoms with Crippen LogP contribution in [0.4, 0.5) is 15.9 Å². The number of rotatable bonds is 2. The molecule has 1 aliphatic rings. The Bertz CT molecular complexity index is 658. The van der Waals surface area contributed by atoms with Gasteiger partial charge in [0.2, 0.25) is 0 Å². The average Bonchev–Trinajstić information content (AvgIpc) is 2.81. The largest absolute Gasteiger partial charge is 0.477 e. The summed E-state index contributed by atoms with van der Waals surface area (Å²) in [5, 5.41) is 8.95. The number of nitrogens with zero attached hydrogens (tertiary/aromatic N) is 2. The van der Waals surface area contributed by atoms with Gasteiger partial charge in [-0.3, -0.25) is 0 Å². The van der Waals surface area contributed by atoms with Crippen LogP contribution in [0.1, 0.15) is 16.1 Å². The molecular formula is C14H11FN2O2. The van der Waals surface area contributed by atoms with Crippen molar-refractivity contribution < 1.29 is 14.3 Å². The molecule has 0 atom stereocenters. The van der Waals surface area contributed by atoms with Crippen molar-refractivity contribution in [3.8, 4) is 0 Å². The Labute approximate surface area is 109 Å². The highest BCUT2D eigenvalue weighted by molar-refractivity contribution is 5.86. The molecule has 0 saturated carbocycles. The Balaban J connectivity index is 2.04. The summed E-state index contributed by atoms with van der Waals surface area (Å²) in [6.45, 7) is 0.675. The minimum atomic E-state index is -1.07. The molecule has 19 heavy (non-hydrogen) atoms. The van der Waals surface area contributed by atoms with Gasteiger partial charge in [0.15, 0.2) is 5.69 Å². The Morgan fingerprint density at radius 2 is 2.16 bits per heavy atom. The lowest BCUT2D eigenvalue weighted by Crippen LogP contribution is -2.16. The number of carboxylic acids is 1. The molecule has 1 aromatic heterocycles. The molecule has 2 aromatic rings. The predicted octanol–water partition coefficient (Wildman–Crippen LogP) is 2.61. The van der Waals surface area contributed by atoms with E-state index >= 15 is 0 Å². The minimum absolute atomic E-state index is 0.0117. The SMILES string of the molecule is O=C(O)c1cccc(N2CCc3ccc(F)cc32)n1. The van der Waals surface area contributed by atoms with Crippen LogP contribution in [0.3, 0.4) is 0 Å². The molecule has 0 saturated heterocycles. The third-order valence-corrected chi connectivity index (χ3v) is 3.17. The molecule has 4 nitrogen and oxygen atoms in total. The molecule has 96 valence electrons. The van der Waals surface area contributed by atoms with Crippen LogP contribution >= 0.6 is 0 Å². The number of aromatic carboxylic acids is 1. The summed E-state index contributed by atoms with van der Waals surface area (Å²) in [5.41, 5.74) is 1.79. The number of hydrogen-bond donors (Lipinski definition) is 1. The van der Waals surface area contributed by atoms with E-state index in [0.717, 1.165) is 17.7 Å². The quantitative estimate of drug-likeness (QED) is 0.899. The molecule has 1 N–H and O–H groups in total. The van der Waals surface area contributed by atoms with Crippen LogP contribution in [0.5, 0.6) is 0 Å². The van der Waals surface area contributed by atoms with E-state index in [2.05, 4.69) is 4.98 Å². The first-order valence-corrected chi connectivity index (χ1v) is 5.91. The fourth-order valence-corrected chi connectivity index (χ4v) is 2.28. The summed E-state index contributed by atoms with van der Waals surface area (Å²) in [7, 11) is 0. The van der Waals surface area contributed by atoms with Crippen LogP contribution in [0, 0.1) is 5.82 Å². The highest BCUT2D eigenvalue weighted by atomic mass is 19.1. The van der Waals surface area contributed by atoms with E-state index in [1.54, 1.807) is 18.2 Å². The maximum Gasteiger partial charge on any atom is 0.354 e. The first kappa shape index (κ1) is 11.6. The molecule has 3 rings (SSSR count). The van der Waals surface area contributed by atoms with Gasteiger partial charge >= 0.3 is 5.97 Å². The summed E-state index contributed by atoms with van der Waals surface area (Å²) < 4.78 is 13.3. The van der Waals surface area contributed by atoms with Crippen LogP contribution in [0.25, 0.3) is 0 Å². The zero-order valence-corrected chi connectivity index (χ0v) is 10.0. The lowest BCUT2D eigenvalue weighted by molar-refractivity contribution is 0.0690. The number of carboxylic acid groups (broad SMARTS) is 1. The van der Waals surface area contributed by atoms with Gasteiger partial charge in [0, 0.05) is 12.2 Å². The van der Waals surface area contributed by atoms with E-state index in [1.165, 1.54) is 18.2 Å². The van der Waals surface area contributed by atoms with Crippen molar-refractivity contribution >= 4 is 17.5 Å². The molecule has 0 bridgehead atoms. The highest BCUT2D eigenvalue weighted by Crippen LogP contribution is 2.33. The number of hydrogen-bond acceptors (Lipinski definition) is 3. The van der Waals surface area contributed by atoms with Crippen molar-refractivity contribution in [3.05, 3.63) is 53.5 Å². The van der Waals surface area contributed by atoms with Crippen molar-refractivity contribution in [2.24, 2.45) is 0 Å². The first-order valence-electron chi connectivity index (χ1n) is 5.91. The normalized spacial score (nSPS) is 13.4. The second kappa shape index (κ2) is 4.35. The molecule has 5 heteroatoms. The zero-order chi connectivity index (χ0) is 13.4. The Morgan fingerprint density at radius 1 is 1.32 bits per heavy atom. The summed E-state index contributed by atoms with van der Waals surface area (Å²) in [6, 6.07) is 9.45. The predicted molar refractivity (Wildman–Crippen MR) is 68.3 cm³/mol. The van der Waals surface area contributed by atoms with Gasteiger partial charge in [-0.25, -0.2) is 14.2 Å². The molecule has 2 heterocycles. The number of carbonyl (C=O) groups is 1. The smallest absolute Gasteiger partial charge is 0.354 e. The fraction of sp³-hybridized carbons (Fsp3) is 0.143. The van der Waals surface area contributed by atoms with Gasteiger partial charge in [0.05, 0.1) is 0 Å². The fourth-order valence-electron chi connectivity index (χ4n) is 2.28. The van der Waals surface area contributed by atoms with Crippen molar-refractivity contribution in [2.75, 3.05) is 11.4 Å². The van der Waals surface area contributed by atoms with Crippen LogP contribution in [-0.4, -0.2) is 22.6 Å². The molecule has 0 fully saturated rings. The standard InChI is InChI=1S/C14H11FN2O2/c15-10-5-4-9-6-7-17(12(9)8-10)13-3-1-2-11(16-13)14(18)19/h1-5,8H,6-7H2,(H,18,19). The first-order chi connectivity index (χ1) is 9.15. The molecule has 0 amide bonds. The third-order valence-electron chi connectivity index (χ3n) is 3.17. The second-order valence-electron chi connectivity index (χ2n) is 4.36. The molecule has 0 radical (unpaired) electrons. The van der Waals surface area contributed by atoms with Gasteiger partial charge in [0.1, 0.15) is 11.6 Å². The van der Waals surface area contributed by atoms with Gasteiger partial charge in [-0.2, -0.15) is 0 Å². The van der Waals surface area contributed by atoms with E-state index in [9.17, 15) is 9.18 Å². The van der Waals surface area contributed by atoms with Crippen molar-refractivity contribution in [1.82, 2.24) is 4.98 Å². The Morgan fingerprint density at radius 3 is 2.95 bits per heavy atom. The second-order valence-corrected chi connectivity index (χ2v) is 4.36. The van der Waals surface area contributed by atoms with Crippen LogP contribution in [0.15, 0.2) is 36.4 Å². The van der Waals surface area contributed by atoms with Gasteiger partial charge in [-0.1, -0.05) is 12.1 Å². The number of halogens is 1. The van der Waals surface area contributed by atoms with Crippen molar-refractivity contribution in [2.45, 2.75) is 6.42 Å². The molecule has 0 spiro atoms. The lowest BCUT2D eigenvalue weighted by Gasteiger charge is -2.18. The van der Waals surface area contributed by atoms with Gasteiger partial charge in [0.25, 0.3) is 0 Å². The molecule has 0 unspecified atom stereocenters. The number of benzene rings is 1. The summed E-state index contributed by atoms with van der Waals surface area (Å²) in [5.74, 6) is -0.843. The topological polar surface area (TPSA) is 53.4 Å². The zero-order valence-electron chi connectivity index (χ0n) is 10.0. The van der Waals surface area contributed by atoms with Crippen LogP contribution < -0.4 is 4.90 Å². The number of pyridine rings is 1. The average molecular weight is 258 g/mol. The van der Waals surface area contributed by atoms with E-state index in [-0.39, 0.29) is 11.5 Å². The van der Waals surface area contributed by atoms with E-state index in [0.29, 0.717) is 12.4 Å². The lowest BCUT2D eigenvalue weighted by atomic mass is 10.2. The van der Waals surface area contributed by atoms with Crippen molar-refractivity contribution in [3.63, 3.8) is 0 Å².